The van der Waals surface area contributed by atoms with Gasteiger partial charge >= 0.3 is 0 Å². The topological polar surface area (TPSA) is 75.7 Å². The van der Waals surface area contributed by atoms with Crippen LogP contribution >= 0.6 is 0 Å². The summed E-state index contributed by atoms with van der Waals surface area (Å²) in [5.41, 5.74) is 1.18. The third kappa shape index (κ3) is 4.97. The minimum absolute atomic E-state index is 0.164. The quantitative estimate of drug-likeness (QED) is 0.778. The molecule has 6 nitrogen and oxygen atoms in total. The van der Waals surface area contributed by atoms with Crippen LogP contribution in [0.25, 0.3) is 0 Å². The number of carbonyl (C=O) groups is 1. The van der Waals surface area contributed by atoms with Crippen LogP contribution in [0.2, 0.25) is 0 Å². The minimum Gasteiger partial charge on any atom is -0.496 e. The normalized spacial score (nSPS) is 16.6. The molecule has 1 amide bonds. The van der Waals surface area contributed by atoms with Crippen LogP contribution in [0.15, 0.2) is 53.4 Å². The maximum Gasteiger partial charge on any atom is 0.251 e. The summed E-state index contributed by atoms with van der Waals surface area (Å²) in [4.78, 5) is 12.9. The number of amides is 1. The fourth-order valence-corrected chi connectivity index (χ4v) is 5.17. The third-order valence-corrected chi connectivity index (χ3v) is 7.15. The molecule has 29 heavy (non-hydrogen) atoms. The first-order chi connectivity index (χ1) is 13.9. The lowest BCUT2D eigenvalue weighted by molar-refractivity contribution is 0.0939. The molecular weight excluding hydrogens is 388 g/mol. The van der Waals surface area contributed by atoms with Crippen LogP contribution < -0.4 is 10.1 Å². The predicted molar refractivity (Wildman–Crippen MR) is 113 cm³/mol. The summed E-state index contributed by atoms with van der Waals surface area (Å²) in [6.07, 6.45) is 3.84. The average Bonchev–Trinajstić information content (AvgIpc) is 3.04. The first-order valence-corrected chi connectivity index (χ1v) is 11.4. The Kier molecular flexibility index (Phi) is 6.92. The van der Waals surface area contributed by atoms with Crippen molar-refractivity contribution < 1.29 is 17.9 Å². The fourth-order valence-electron chi connectivity index (χ4n) is 3.61. The van der Waals surface area contributed by atoms with Gasteiger partial charge in [-0.05, 0) is 44.0 Å². The van der Waals surface area contributed by atoms with Crippen LogP contribution in [0.3, 0.4) is 0 Å². The van der Waals surface area contributed by atoms with E-state index in [4.69, 9.17) is 4.74 Å². The van der Waals surface area contributed by atoms with E-state index in [0.717, 1.165) is 31.2 Å². The van der Waals surface area contributed by atoms with Gasteiger partial charge < -0.3 is 10.1 Å². The number of nitrogens with one attached hydrogen (secondary N) is 1. The van der Waals surface area contributed by atoms with Crippen molar-refractivity contribution >= 4 is 15.9 Å². The molecule has 0 bridgehead atoms. The van der Waals surface area contributed by atoms with Gasteiger partial charge in [0.25, 0.3) is 5.91 Å². The summed E-state index contributed by atoms with van der Waals surface area (Å²) in [5.74, 6) is 0.370. The van der Waals surface area contributed by atoms with Crippen LogP contribution in [-0.2, 0) is 10.0 Å². The molecule has 1 aliphatic heterocycles. The number of ether oxygens (including phenoxy) is 1. The van der Waals surface area contributed by atoms with Gasteiger partial charge in [0.2, 0.25) is 10.0 Å². The lowest BCUT2D eigenvalue weighted by atomic mass is 10.1. The van der Waals surface area contributed by atoms with Crippen LogP contribution in [0.5, 0.6) is 5.75 Å². The van der Waals surface area contributed by atoms with Crippen LogP contribution in [0.4, 0.5) is 0 Å². The second-order valence-electron chi connectivity index (χ2n) is 7.28. The molecule has 1 heterocycles. The van der Waals surface area contributed by atoms with E-state index in [2.05, 4.69) is 5.32 Å². The van der Waals surface area contributed by atoms with E-state index in [1.54, 1.807) is 25.3 Å². The first kappa shape index (κ1) is 21.3. The van der Waals surface area contributed by atoms with Gasteiger partial charge in [0, 0.05) is 24.2 Å². The molecule has 0 unspecified atom stereocenters. The third-order valence-electron chi connectivity index (χ3n) is 5.25. The molecule has 7 heteroatoms. The van der Waals surface area contributed by atoms with E-state index in [0.29, 0.717) is 24.4 Å². The number of sulfonamides is 1. The molecule has 0 saturated carbocycles. The zero-order valence-electron chi connectivity index (χ0n) is 16.9. The summed E-state index contributed by atoms with van der Waals surface area (Å²) in [6.45, 7) is 2.93. The van der Waals surface area contributed by atoms with E-state index in [1.165, 1.54) is 10.4 Å². The second kappa shape index (κ2) is 9.41. The summed E-state index contributed by atoms with van der Waals surface area (Å²) in [5, 5.41) is 2.93. The SMILES string of the molecule is COc1ccccc1[C@@H](C)NC(=O)c1cccc(S(=O)(=O)N2CCCCCC2)c1. The molecule has 1 atom stereocenters. The van der Waals surface area contributed by atoms with Crippen molar-refractivity contribution in [1.29, 1.82) is 0 Å². The Labute approximate surface area is 172 Å². The molecule has 0 aliphatic carbocycles. The Bertz CT molecular complexity index is 951. The zero-order valence-corrected chi connectivity index (χ0v) is 17.7. The van der Waals surface area contributed by atoms with Gasteiger partial charge in [-0.3, -0.25) is 4.79 Å². The zero-order chi connectivity index (χ0) is 20.9. The minimum atomic E-state index is -3.60. The predicted octanol–water partition coefficient (Wildman–Crippen LogP) is 3.75. The van der Waals surface area contributed by atoms with Crippen molar-refractivity contribution in [1.82, 2.24) is 9.62 Å². The summed E-state index contributed by atoms with van der Waals surface area (Å²) < 4.78 is 32.9. The molecule has 1 saturated heterocycles. The van der Waals surface area contributed by atoms with Crippen molar-refractivity contribution in [3.63, 3.8) is 0 Å². The largest absolute Gasteiger partial charge is 0.496 e. The Balaban J connectivity index is 1.78. The number of hydrogen-bond acceptors (Lipinski definition) is 4. The molecule has 1 aliphatic rings. The van der Waals surface area contributed by atoms with Gasteiger partial charge in [0.1, 0.15) is 5.75 Å². The molecule has 1 fully saturated rings. The highest BCUT2D eigenvalue weighted by Gasteiger charge is 2.26. The maximum absolute atomic E-state index is 13.0. The summed E-state index contributed by atoms with van der Waals surface area (Å²) >= 11 is 0. The molecule has 0 spiro atoms. The van der Waals surface area contributed by atoms with Crippen molar-refractivity contribution in [2.75, 3.05) is 20.2 Å². The smallest absolute Gasteiger partial charge is 0.251 e. The Morgan fingerprint density at radius 2 is 1.72 bits per heavy atom. The molecule has 2 aromatic carbocycles. The molecule has 156 valence electrons. The number of benzene rings is 2. The number of rotatable bonds is 6. The van der Waals surface area contributed by atoms with Crippen molar-refractivity contribution in [2.24, 2.45) is 0 Å². The van der Waals surface area contributed by atoms with E-state index in [-0.39, 0.29) is 16.8 Å². The van der Waals surface area contributed by atoms with E-state index in [1.807, 2.05) is 31.2 Å². The van der Waals surface area contributed by atoms with Crippen LogP contribution in [0.1, 0.15) is 54.6 Å². The van der Waals surface area contributed by atoms with Gasteiger partial charge in [-0.15, -0.1) is 0 Å². The van der Waals surface area contributed by atoms with Crippen LogP contribution in [-0.4, -0.2) is 38.8 Å². The fraction of sp³-hybridized carbons (Fsp3) is 0.409. The number of hydrogen-bond donors (Lipinski definition) is 1. The van der Waals surface area contributed by atoms with Crippen molar-refractivity contribution in [3.05, 3.63) is 59.7 Å². The van der Waals surface area contributed by atoms with Crippen molar-refractivity contribution in [2.45, 2.75) is 43.5 Å². The second-order valence-corrected chi connectivity index (χ2v) is 9.22. The molecule has 2 aromatic rings. The van der Waals surface area contributed by atoms with E-state index in [9.17, 15) is 13.2 Å². The Morgan fingerprint density at radius 1 is 1.03 bits per heavy atom. The standard InChI is InChI=1S/C22H28N2O4S/c1-17(20-12-5-6-13-21(20)28-2)23-22(25)18-10-9-11-19(16-18)29(26,27)24-14-7-3-4-8-15-24/h5-6,9-13,16-17H,3-4,7-8,14-15H2,1-2H3,(H,23,25)/t17-/m1/s1. The van der Waals surface area contributed by atoms with E-state index < -0.39 is 10.0 Å². The maximum atomic E-state index is 13.0. The molecule has 0 aromatic heterocycles. The highest BCUT2D eigenvalue weighted by molar-refractivity contribution is 7.89. The van der Waals surface area contributed by atoms with Gasteiger partial charge in [-0.25, -0.2) is 8.42 Å². The Morgan fingerprint density at radius 3 is 2.41 bits per heavy atom. The van der Waals surface area contributed by atoms with Crippen LogP contribution in [0, 0.1) is 0 Å². The molecular formula is C22H28N2O4S. The van der Waals surface area contributed by atoms with Crippen molar-refractivity contribution in [3.8, 4) is 5.75 Å². The molecule has 0 radical (unpaired) electrons. The number of nitrogens with zero attached hydrogens (tertiary/aromatic N) is 1. The average molecular weight is 417 g/mol. The monoisotopic (exact) mass is 416 g/mol. The number of carbonyl (C=O) groups excluding carboxylic acids is 1. The number of para-hydroxylation sites is 1. The Hall–Kier alpha value is -2.38. The molecule has 3 rings (SSSR count). The highest BCUT2D eigenvalue weighted by Crippen LogP contribution is 2.25. The highest BCUT2D eigenvalue weighted by atomic mass is 32.2. The summed E-state index contributed by atoms with van der Waals surface area (Å²) in [7, 11) is -2.01. The first-order valence-electron chi connectivity index (χ1n) is 9.97. The molecule has 1 N–H and O–H groups in total. The van der Waals surface area contributed by atoms with Gasteiger partial charge in [-0.1, -0.05) is 37.1 Å². The van der Waals surface area contributed by atoms with Gasteiger partial charge in [0.15, 0.2) is 0 Å². The van der Waals surface area contributed by atoms with Gasteiger partial charge in [-0.2, -0.15) is 4.31 Å². The van der Waals surface area contributed by atoms with Gasteiger partial charge in [0.05, 0.1) is 18.0 Å². The van der Waals surface area contributed by atoms with E-state index >= 15 is 0 Å². The summed E-state index contributed by atoms with van der Waals surface area (Å²) in [6, 6.07) is 13.5. The number of methoxy groups -OCH3 is 1. The lowest BCUT2D eigenvalue weighted by Crippen LogP contribution is -2.32. The lowest BCUT2D eigenvalue weighted by Gasteiger charge is -2.20.